The molecule has 9 heteroatoms. The van der Waals surface area contributed by atoms with Crippen LogP contribution >= 0.6 is 12.4 Å². The van der Waals surface area contributed by atoms with Crippen molar-refractivity contribution in [3.8, 4) is 0 Å². The van der Waals surface area contributed by atoms with E-state index < -0.39 is 36.6 Å². The van der Waals surface area contributed by atoms with E-state index in [4.69, 9.17) is 5.11 Å². The lowest BCUT2D eigenvalue weighted by molar-refractivity contribution is -0.188. The number of aliphatic carboxylic acids is 1. The third kappa shape index (κ3) is 5.53. The van der Waals surface area contributed by atoms with Crippen molar-refractivity contribution in [2.75, 3.05) is 13.1 Å². The highest BCUT2D eigenvalue weighted by Crippen LogP contribution is 2.38. The van der Waals surface area contributed by atoms with Crippen LogP contribution in [0.4, 0.5) is 13.2 Å². The van der Waals surface area contributed by atoms with Gasteiger partial charge in [0.15, 0.2) is 0 Å². The van der Waals surface area contributed by atoms with Crippen LogP contribution in [0.3, 0.4) is 0 Å². The third-order valence-electron chi connectivity index (χ3n) is 4.34. The standard InChI is InChI=1S/C14H23F3N2O3.ClH/c1-4-9(5-2)18-12(20)8(3)19-6-10(13(21)22)11(7-19)14(15,16)17;/h8-11H,4-7H2,1-3H3,(H,18,20)(H,21,22);1H/t8?,10-,11-;/m1./s1. The summed E-state index contributed by atoms with van der Waals surface area (Å²) >= 11 is 0. The fourth-order valence-electron chi connectivity index (χ4n) is 2.71. The molecule has 1 heterocycles. The van der Waals surface area contributed by atoms with Crippen LogP contribution in [-0.4, -0.2) is 53.2 Å². The van der Waals surface area contributed by atoms with Gasteiger partial charge in [-0.05, 0) is 19.8 Å². The summed E-state index contributed by atoms with van der Waals surface area (Å²) < 4.78 is 38.8. The second-order valence-corrected chi connectivity index (χ2v) is 5.74. The molecule has 1 aliphatic rings. The maximum atomic E-state index is 12.9. The monoisotopic (exact) mass is 360 g/mol. The summed E-state index contributed by atoms with van der Waals surface area (Å²) in [5, 5.41) is 11.8. The van der Waals surface area contributed by atoms with Gasteiger partial charge >= 0.3 is 12.1 Å². The van der Waals surface area contributed by atoms with Crippen molar-refractivity contribution < 1.29 is 27.9 Å². The van der Waals surface area contributed by atoms with E-state index in [1.165, 1.54) is 11.8 Å². The van der Waals surface area contributed by atoms with E-state index >= 15 is 0 Å². The third-order valence-corrected chi connectivity index (χ3v) is 4.34. The molecule has 1 saturated heterocycles. The van der Waals surface area contributed by atoms with Crippen molar-refractivity contribution in [1.29, 1.82) is 0 Å². The molecule has 1 fully saturated rings. The quantitative estimate of drug-likeness (QED) is 0.762. The number of carbonyl (C=O) groups is 2. The first-order chi connectivity index (χ1) is 10.1. The van der Waals surface area contributed by atoms with E-state index in [1.807, 2.05) is 13.8 Å². The average molecular weight is 361 g/mol. The zero-order valence-corrected chi connectivity index (χ0v) is 14.2. The van der Waals surface area contributed by atoms with E-state index in [0.29, 0.717) is 0 Å². The molecular weight excluding hydrogens is 337 g/mol. The van der Waals surface area contributed by atoms with Crippen LogP contribution in [0.25, 0.3) is 0 Å². The second kappa shape index (κ2) is 8.73. The first-order valence-electron chi connectivity index (χ1n) is 7.45. The van der Waals surface area contributed by atoms with Gasteiger partial charge in [0, 0.05) is 19.1 Å². The van der Waals surface area contributed by atoms with Gasteiger partial charge in [0.1, 0.15) is 0 Å². The molecule has 0 spiro atoms. The Bertz CT molecular complexity index is 417. The predicted octanol–water partition coefficient (Wildman–Crippen LogP) is 2.30. The van der Waals surface area contributed by atoms with Crippen LogP contribution in [0.1, 0.15) is 33.6 Å². The predicted molar refractivity (Wildman–Crippen MR) is 81.5 cm³/mol. The molecule has 1 rings (SSSR count). The molecule has 0 aromatic carbocycles. The number of likely N-dealkylation sites (tertiary alicyclic amines) is 1. The van der Waals surface area contributed by atoms with Gasteiger partial charge < -0.3 is 10.4 Å². The Labute approximate surface area is 140 Å². The molecule has 2 N–H and O–H groups in total. The average Bonchev–Trinajstić information content (AvgIpc) is 2.88. The van der Waals surface area contributed by atoms with Gasteiger partial charge in [0.25, 0.3) is 0 Å². The van der Waals surface area contributed by atoms with Gasteiger partial charge in [-0.25, -0.2) is 0 Å². The molecule has 3 atom stereocenters. The summed E-state index contributed by atoms with van der Waals surface area (Å²) in [4.78, 5) is 24.4. The SMILES string of the molecule is CCC(CC)NC(=O)C(C)N1C[C@@H](C(F)(F)F)[C@H](C(=O)O)C1.Cl. The van der Waals surface area contributed by atoms with E-state index in [-0.39, 0.29) is 30.9 Å². The molecule has 0 aromatic heterocycles. The number of carboxylic acid groups (broad SMARTS) is 1. The largest absolute Gasteiger partial charge is 0.481 e. The maximum absolute atomic E-state index is 12.9. The fourth-order valence-corrected chi connectivity index (χ4v) is 2.71. The molecule has 0 aliphatic carbocycles. The van der Waals surface area contributed by atoms with Crippen LogP contribution < -0.4 is 5.32 Å². The summed E-state index contributed by atoms with van der Waals surface area (Å²) in [6.07, 6.45) is -3.11. The van der Waals surface area contributed by atoms with Crippen LogP contribution in [0, 0.1) is 11.8 Å². The van der Waals surface area contributed by atoms with Gasteiger partial charge in [0.05, 0.1) is 17.9 Å². The summed E-state index contributed by atoms with van der Waals surface area (Å²) in [6.45, 7) is 4.61. The highest BCUT2D eigenvalue weighted by Gasteiger charge is 2.53. The summed E-state index contributed by atoms with van der Waals surface area (Å²) in [6, 6.07) is -0.805. The van der Waals surface area contributed by atoms with E-state index in [1.54, 1.807) is 0 Å². The topological polar surface area (TPSA) is 69.6 Å². The lowest BCUT2D eigenvalue weighted by atomic mass is 9.96. The van der Waals surface area contributed by atoms with Crippen LogP contribution in [0.15, 0.2) is 0 Å². The minimum Gasteiger partial charge on any atom is -0.481 e. The number of rotatable bonds is 6. The molecule has 1 unspecified atom stereocenters. The van der Waals surface area contributed by atoms with E-state index in [2.05, 4.69) is 5.32 Å². The highest BCUT2D eigenvalue weighted by molar-refractivity contribution is 5.85. The lowest BCUT2D eigenvalue weighted by Crippen LogP contribution is -2.47. The Balaban J connectivity index is 0.00000484. The normalized spacial score (nSPS) is 23.4. The van der Waals surface area contributed by atoms with Gasteiger partial charge in [-0.2, -0.15) is 13.2 Å². The summed E-state index contributed by atoms with van der Waals surface area (Å²) in [5.41, 5.74) is 0. The Morgan fingerprint density at radius 1 is 1.26 bits per heavy atom. The highest BCUT2D eigenvalue weighted by atomic mass is 35.5. The Kier molecular flexibility index (Phi) is 8.34. The van der Waals surface area contributed by atoms with Crippen molar-refractivity contribution in [2.24, 2.45) is 11.8 Å². The lowest BCUT2D eigenvalue weighted by Gasteiger charge is -2.26. The Morgan fingerprint density at radius 2 is 1.78 bits per heavy atom. The van der Waals surface area contributed by atoms with Gasteiger partial charge in [-0.15, -0.1) is 12.4 Å². The molecular formula is C14H24ClF3N2O3. The van der Waals surface area contributed by atoms with Crippen LogP contribution in [-0.2, 0) is 9.59 Å². The molecule has 136 valence electrons. The second-order valence-electron chi connectivity index (χ2n) is 5.74. The van der Waals surface area contributed by atoms with Crippen molar-refractivity contribution >= 4 is 24.3 Å². The minimum absolute atomic E-state index is 0. The smallest absolute Gasteiger partial charge is 0.393 e. The first kappa shape index (κ1) is 22.0. The number of carbonyl (C=O) groups excluding carboxylic acids is 1. The zero-order chi connectivity index (χ0) is 17.1. The van der Waals surface area contributed by atoms with Crippen molar-refractivity contribution in [3.63, 3.8) is 0 Å². The first-order valence-corrected chi connectivity index (χ1v) is 7.45. The number of nitrogens with one attached hydrogen (secondary N) is 1. The van der Waals surface area contributed by atoms with Gasteiger partial charge in [-0.1, -0.05) is 13.8 Å². The number of halogens is 4. The number of hydrogen-bond donors (Lipinski definition) is 2. The number of amides is 1. The summed E-state index contributed by atoms with van der Waals surface area (Å²) in [5.74, 6) is -5.30. The molecule has 0 aromatic rings. The zero-order valence-electron chi connectivity index (χ0n) is 13.4. The van der Waals surface area contributed by atoms with Crippen LogP contribution in [0.5, 0.6) is 0 Å². The van der Waals surface area contributed by atoms with Gasteiger partial charge in [-0.3, -0.25) is 14.5 Å². The summed E-state index contributed by atoms with van der Waals surface area (Å²) in [7, 11) is 0. The Morgan fingerprint density at radius 3 is 2.13 bits per heavy atom. The maximum Gasteiger partial charge on any atom is 0.393 e. The molecule has 0 bridgehead atoms. The number of carboxylic acids is 1. The Hall–Kier alpha value is -1.02. The van der Waals surface area contributed by atoms with Crippen molar-refractivity contribution in [3.05, 3.63) is 0 Å². The number of hydrogen-bond acceptors (Lipinski definition) is 3. The molecule has 0 radical (unpaired) electrons. The molecule has 5 nitrogen and oxygen atoms in total. The van der Waals surface area contributed by atoms with E-state index in [0.717, 1.165) is 12.8 Å². The van der Waals surface area contributed by atoms with E-state index in [9.17, 15) is 22.8 Å². The molecule has 1 aliphatic heterocycles. The van der Waals surface area contributed by atoms with Gasteiger partial charge in [0.2, 0.25) is 5.91 Å². The number of nitrogens with zero attached hydrogens (tertiary/aromatic N) is 1. The number of alkyl halides is 3. The molecule has 23 heavy (non-hydrogen) atoms. The molecule has 0 saturated carbocycles. The minimum atomic E-state index is -4.58. The van der Waals surface area contributed by atoms with Crippen LogP contribution in [0.2, 0.25) is 0 Å². The fraction of sp³-hybridized carbons (Fsp3) is 0.857. The van der Waals surface area contributed by atoms with Crippen molar-refractivity contribution in [1.82, 2.24) is 10.2 Å². The van der Waals surface area contributed by atoms with Crippen molar-refractivity contribution in [2.45, 2.75) is 51.9 Å². The molecule has 1 amide bonds.